The van der Waals surface area contributed by atoms with E-state index in [-0.39, 0.29) is 5.92 Å². The fourth-order valence-corrected chi connectivity index (χ4v) is 7.94. The summed E-state index contributed by atoms with van der Waals surface area (Å²) in [6.07, 6.45) is 14.3. The van der Waals surface area contributed by atoms with Crippen LogP contribution in [0.4, 0.5) is 0 Å². The number of nitriles is 3. The second-order valence-electron chi connectivity index (χ2n) is 12.9. The molecule has 2 heterocycles. The second-order valence-corrected chi connectivity index (χ2v) is 12.9. The van der Waals surface area contributed by atoms with Crippen LogP contribution in [-0.2, 0) is 6.42 Å². The first-order valence-corrected chi connectivity index (χ1v) is 16.9. The zero-order valence-corrected chi connectivity index (χ0v) is 27.1. The van der Waals surface area contributed by atoms with Gasteiger partial charge in [-0.2, -0.15) is 15.8 Å². The van der Waals surface area contributed by atoms with Gasteiger partial charge in [0.05, 0.1) is 51.1 Å². The topological polar surface area (TPSA) is 81.2 Å². The van der Waals surface area contributed by atoms with Crippen LogP contribution >= 0.6 is 0 Å². The third-order valence-electron chi connectivity index (χ3n) is 10.2. The van der Waals surface area contributed by atoms with Gasteiger partial charge in [0.25, 0.3) is 0 Å². The number of hydrogen-bond acceptors (Lipinski definition) is 3. The van der Waals surface area contributed by atoms with Gasteiger partial charge in [0.1, 0.15) is 6.07 Å². The van der Waals surface area contributed by atoms with Gasteiger partial charge in [0.2, 0.25) is 0 Å². The third kappa shape index (κ3) is 4.51. The maximum absolute atomic E-state index is 10.4. The lowest BCUT2D eigenvalue weighted by Gasteiger charge is -2.22. The molecular weight excluding hydrogens is 611 g/mol. The van der Waals surface area contributed by atoms with E-state index in [9.17, 15) is 15.8 Å². The predicted molar refractivity (Wildman–Crippen MR) is 200 cm³/mol. The summed E-state index contributed by atoms with van der Waals surface area (Å²) in [5, 5.41) is 32.7. The van der Waals surface area contributed by atoms with Crippen molar-refractivity contribution in [1.29, 1.82) is 15.8 Å². The predicted octanol–water partition coefficient (Wildman–Crippen LogP) is 10.4. The van der Waals surface area contributed by atoms with Crippen molar-refractivity contribution >= 4 is 44.4 Å². The Bertz CT molecular complexity index is 2710. The number of fused-ring (bicyclic) bond motifs is 6. The van der Waals surface area contributed by atoms with Crippen molar-refractivity contribution in [2.75, 3.05) is 0 Å². The van der Waals surface area contributed by atoms with Gasteiger partial charge in [-0.15, -0.1) is 0 Å². The zero-order chi connectivity index (χ0) is 33.8. The smallest absolute Gasteiger partial charge is 0.101 e. The Morgan fingerprint density at radius 3 is 2.06 bits per heavy atom. The Balaban J connectivity index is 1.08. The summed E-state index contributed by atoms with van der Waals surface area (Å²) in [4.78, 5) is 0. The summed E-state index contributed by atoms with van der Waals surface area (Å²) in [5.74, 6) is 0.211. The molecule has 0 aliphatic heterocycles. The first-order valence-electron chi connectivity index (χ1n) is 16.9. The summed E-state index contributed by atoms with van der Waals surface area (Å²) < 4.78 is 4.50. The molecule has 0 spiro atoms. The number of benzene rings is 5. The van der Waals surface area contributed by atoms with Gasteiger partial charge in [-0.25, -0.2) is 0 Å². The van der Waals surface area contributed by atoms with Crippen LogP contribution in [0.3, 0.4) is 0 Å². The fraction of sp³-hybridized carbons (Fsp3) is 0.0889. The van der Waals surface area contributed by atoms with Crippen LogP contribution in [0.25, 0.3) is 55.7 Å². The Labute approximate surface area is 289 Å². The van der Waals surface area contributed by atoms with Crippen molar-refractivity contribution in [3.63, 3.8) is 0 Å². The summed E-state index contributed by atoms with van der Waals surface area (Å²) >= 11 is 0. The molecular formula is C45H29N5. The van der Waals surface area contributed by atoms with E-state index in [1.54, 1.807) is 12.1 Å². The summed E-state index contributed by atoms with van der Waals surface area (Å²) in [6, 6.07) is 41.6. The maximum Gasteiger partial charge on any atom is 0.101 e. The lowest BCUT2D eigenvalue weighted by molar-refractivity contribution is 0.840. The van der Waals surface area contributed by atoms with E-state index in [1.807, 2.05) is 36.4 Å². The van der Waals surface area contributed by atoms with Crippen LogP contribution in [0.5, 0.6) is 0 Å². The lowest BCUT2D eigenvalue weighted by atomic mass is 9.87. The Morgan fingerprint density at radius 1 is 0.620 bits per heavy atom. The highest BCUT2D eigenvalue weighted by Gasteiger charge is 2.23. The molecule has 2 aliphatic rings. The quantitative estimate of drug-likeness (QED) is 0.192. The van der Waals surface area contributed by atoms with Gasteiger partial charge < -0.3 is 9.13 Å². The third-order valence-corrected chi connectivity index (χ3v) is 10.2. The maximum atomic E-state index is 10.4. The average molecular weight is 640 g/mol. The molecule has 0 fully saturated rings. The molecule has 0 amide bonds. The number of allylic oxidation sites excluding steroid dienone is 5. The van der Waals surface area contributed by atoms with Crippen LogP contribution in [0, 0.1) is 34.0 Å². The second kappa shape index (κ2) is 11.7. The van der Waals surface area contributed by atoms with Crippen molar-refractivity contribution in [3.05, 3.63) is 167 Å². The molecule has 0 saturated heterocycles. The minimum Gasteiger partial charge on any atom is -0.309 e. The molecule has 0 bridgehead atoms. The van der Waals surface area contributed by atoms with E-state index in [2.05, 4.69) is 112 Å². The highest BCUT2D eigenvalue weighted by atomic mass is 15.0. The van der Waals surface area contributed by atoms with E-state index in [0.717, 1.165) is 57.9 Å². The number of para-hydroxylation sites is 2. The number of nitrogens with zero attached hydrogens (tertiary/aromatic N) is 5. The highest BCUT2D eigenvalue weighted by Crippen LogP contribution is 2.40. The molecule has 234 valence electrons. The van der Waals surface area contributed by atoms with Gasteiger partial charge >= 0.3 is 0 Å². The molecule has 2 aromatic heterocycles. The first kappa shape index (κ1) is 29.3. The molecule has 9 rings (SSSR count). The molecule has 0 N–H and O–H groups in total. The first-order chi connectivity index (χ1) is 24.7. The SMILES string of the molecule is N#Cc1ccc2c(c1)c1cc(C#N)ccc1n2-c1ccc(C2=CCC(c3ccccc3-n3c4c(c5ccccc53)CCC=C4)C=C2)cc1C#N. The monoisotopic (exact) mass is 639 g/mol. The van der Waals surface area contributed by atoms with Gasteiger partial charge in [-0.1, -0.05) is 66.8 Å². The number of rotatable bonds is 4. The molecule has 1 unspecified atom stereocenters. The van der Waals surface area contributed by atoms with E-state index < -0.39 is 0 Å². The molecule has 5 aromatic carbocycles. The van der Waals surface area contributed by atoms with Crippen molar-refractivity contribution in [3.8, 4) is 29.6 Å². The summed E-state index contributed by atoms with van der Waals surface area (Å²) in [7, 11) is 0. The van der Waals surface area contributed by atoms with Crippen LogP contribution in [0.1, 0.15) is 57.8 Å². The van der Waals surface area contributed by atoms with E-state index in [0.29, 0.717) is 16.7 Å². The van der Waals surface area contributed by atoms with Gasteiger partial charge in [-0.3, -0.25) is 0 Å². The summed E-state index contributed by atoms with van der Waals surface area (Å²) in [5.41, 5.74) is 12.7. The molecule has 5 heteroatoms. The number of aromatic nitrogens is 2. The minimum atomic E-state index is 0.211. The van der Waals surface area contributed by atoms with Crippen molar-refractivity contribution in [2.45, 2.75) is 25.2 Å². The van der Waals surface area contributed by atoms with Crippen molar-refractivity contribution in [2.24, 2.45) is 0 Å². The highest BCUT2D eigenvalue weighted by molar-refractivity contribution is 6.10. The molecule has 50 heavy (non-hydrogen) atoms. The molecule has 2 aliphatic carbocycles. The molecule has 5 nitrogen and oxygen atoms in total. The van der Waals surface area contributed by atoms with Crippen LogP contribution in [0.2, 0.25) is 0 Å². The lowest BCUT2D eigenvalue weighted by Crippen LogP contribution is -2.07. The van der Waals surface area contributed by atoms with Crippen LogP contribution in [-0.4, -0.2) is 9.13 Å². The van der Waals surface area contributed by atoms with E-state index in [1.165, 1.54) is 33.4 Å². The normalized spacial score (nSPS) is 15.1. The van der Waals surface area contributed by atoms with E-state index >= 15 is 0 Å². The van der Waals surface area contributed by atoms with Gasteiger partial charge in [0.15, 0.2) is 0 Å². The van der Waals surface area contributed by atoms with Crippen LogP contribution < -0.4 is 0 Å². The van der Waals surface area contributed by atoms with Gasteiger partial charge in [0, 0.05) is 33.5 Å². The van der Waals surface area contributed by atoms with Gasteiger partial charge in [-0.05, 0) is 108 Å². The van der Waals surface area contributed by atoms with Crippen molar-refractivity contribution < 1.29 is 0 Å². The average Bonchev–Trinajstić information content (AvgIpc) is 3.69. The number of aryl methyl sites for hydroxylation is 1. The van der Waals surface area contributed by atoms with Crippen LogP contribution in [0.15, 0.2) is 127 Å². The standard InChI is InChI=1S/C45H29N5/c46-26-29-13-20-44-38(23-29)39-24-30(27-47)14-21-45(39)49(44)40-22-19-33(25-34(40)28-48)31-15-17-32(18-16-31)35-7-1-4-10-41(35)50-42-11-5-2-8-36(42)37-9-3-6-12-43(37)50/h1-2,4-8,10-17,19-25,32H,3,9,18H2. The zero-order valence-electron chi connectivity index (χ0n) is 27.1. The fourth-order valence-electron chi connectivity index (χ4n) is 7.94. The minimum absolute atomic E-state index is 0.211. The number of hydrogen-bond donors (Lipinski definition) is 0. The Hall–Kier alpha value is -6.87. The molecule has 7 aromatic rings. The summed E-state index contributed by atoms with van der Waals surface area (Å²) in [6.45, 7) is 0. The van der Waals surface area contributed by atoms with Crippen molar-refractivity contribution in [1.82, 2.24) is 9.13 Å². The molecule has 0 saturated carbocycles. The molecule has 0 radical (unpaired) electrons. The largest absolute Gasteiger partial charge is 0.309 e. The van der Waals surface area contributed by atoms with E-state index in [4.69, 9.17) is 0 Å². The Morgan fingerprint density at radius 2 is 1.34 bits per heavy atom. The Kier molecular flexibility index (Phi) is 6.84. The molecule has 1 atom stereocenters.